The zero-order valence-electron chi connectivity index (χ0n) is 15.2. The zero-order valence-corrected chi connectivity index (χ0v) is 17.6. The Morgan fingerprint density at radius 2 is 1.85 bits per heavy atom. The zero-order chi connectivity index (χ0) is 19.5. The molecule has 0 fully saturated rings. The van der Waals surface area contributed by atoms with Gasteiger partial charge in [0.15, 0.2) is 0 Å². The quantitative estimate of drug-likeness (QED) is 0.653. The Morgan fingerprint density at radius 1 is 1.19 bits per heavy atom. The highest BCUT2D eigenvalue weighted by molar-refractivity contribution is 9.10. The molecule has 1 aliphatic rings. The van der Waals surface area contributed by atoms with Crippen LogP contribution in [0.3, 0.4) is 0 Å². The van der Waals surface area contributed by atoms with Gasteiger partial charge in [0.05, 0.1) is 28.2 Å². The minimum atomic E-state index is -3.79. The lowest BCUT2D eigenvalue weighted by Crippen LogP contribution is -2.31. The fraction of sp³-hybridized carbons (Fsp3) is 0.412. The van der Waals surface area contributed by atoms with Crippen LogP contribution in [0.4, 0.5) is 0 Å². The number of rotatable bonds is 3. The maximum absolute atomic E-state index is 13.1. The summed E-state index contributed by atoms with van der Waals surface area (Å²) in [6, 6.07) is 2.90. The highest BCUT2D eigenvalue weighted by Gasteiger charge is 2.29. The summed E-state index contributed by atoms with van der Waals surface area (Å²) < 4.78 is 34.2. The molecule has 1 unspecified atom stereocenters. The van der Waals surface area contributed by atoms with E-state index in [0.29, 0.717) is 15.5 Å². The predicted molar refractivity (Wildman–Crippen MR) is 105 cm³/mol. The minimum absolute atomic E-state index is 0.118. The number of benzene rings is 1. The van der Waals surface area contributed by atoms with Crippen molar-refractivity contribution < 1.29 is 8.42 Å². The SMILES string of the molecule is Cn1ncc2c1CCCC2NS(=O)(=O)c1cc2c(cc1Br)n(C)c(=O)n2C. The van der Waals surface area contributed by atoms with Crippen LogP contribution in [0.2, 0.25) is 0 Å². The monoisotopic (exact) mass is 453 g/mol. The number of halogens is 1. The Bertz CT molecular complexity index is 1220. The molecule has 0 radical (unpaired) electrons. The second kappa shape index (κ2) is 6.32. The molecule has 0 bridgehead atoms. The van der Waals surface area contributed by atoms with E-state index in [1.54, 1.807) is 31.0 Å². The molecule has 2 aromatic heterocycles. The van der Waals surface area contributed by atoms with E-state index in [9.17, 15) is 13.2 Å². The summed E-state index contributed by atoms with van der Waals surface area (Å²) in [7, 11) is 1.37. The number of sulfonamides is 1. The molecule has 1 aromatic carbocycles. The molecule has 8 nitrogen and oxygen atoms in total. The number of nitrogens with zero attached hydrogens (tertiary/aromatic N) is 4. The van der Waals surface area contributed by atoms with Crippen LogP contribution >= 0.6 is 15.9 Å². The van der Waals surface area contributed by atoms with Gasteiger partial charge in [-0.15, -0.1) is 0 Å². The van der Waals surface area contributed by atoms with E-state index in [1.165, 1.54) is 15.2 Å². The van der Waals surface area contributed by atoms with E-state index in [0.717, 1.165) is 30.5 Å². The Balaban J connectivity index is 1.78. The molecular weight excluding hydrogens is 434 g/mol. The van der Waals surface area contributed by atoms with Crippen molar-refractivity contribution in [3.05, 3.63) is 44.5 Å². The maximum Gasteiger partial charge on any atom is 0.328 e. The second-order valence-electron chi connectivity index (χ2n) is 6.91. The third kappa shape index (κ3) is 2.86. The number of aryl methyl sites for hydroxylation is 3. The molecule has 1 N–H and O–H groups in total. The van der Waals surface area contributed by atoms with Crippen molar-refractivity contribution in [2.45, 2.75) is 30.2 Å². The molecule has 27 heavy (non-hydrogen) atoms. The van der Waals surface area contributed by atoms with Crippen LogP contribution in [0, 0.1) is 0 Å². The van der Waals surface area contributed by atoms with Crippen molar-refractivity contribution in [2.24, 2.45) is 21.1 Å². The first-order chi connectivity index (χ1) is 12.7. The smallest absolute Gasteiger partial charge is 0.295 e. The highest BCUT2D eigenvalue weighted by atomic mass is 79.9. The first kappa shape index (κ1) is 18.5. The normalized spacial score (nSPS) is 17.4. The van der Waals surface area contributed by atoms with Crippen molar-refractivity contribution >= 4 is 37.0 Å². The number of aromatic nitrogens is 4. The lowest BCUT2D eigenvalue weighted by atomic mass is 9.94. The molecule has 0 spiro atoms. The van der Waals surface area contributed by atoms with Gasteiger partial charge in [-0.3, -0.25) is 13.8 Å². The molecule has 0 amide bonds. The van der Waals surface area contributed by atoms with Gasteiger partial charge in [0.1, 0.15) is 0 Å². The third-order valence-corrected chi connectivity index (χ3v) is 7.72. The molecule has 1 aliphatic carbocycles. The van der Waals surface area contributed by atoms with Crippen molar-refractivity contribution in [2.75, 3.05) is 0 Å². The number of imidazole rings is 1. The van der Waals surface area contributed by atoms with E-state index in [-0.39, 0.29) is 16.6 Å². The van der Waals surface area contributed by atoms with Crippen LogP contribution in [-0.4, -0.2) is 27.3 Å². The average Bonchev–Trinajstić information content (AvgIpc) is 3.09. The summed E-state index contributed by atoms with van der Waals surface area (Å²) in [5, 5.41) is 4.27. The second-order valence-corrected chi connectivity index (χ2v) is 9.45. The molecular formula is C17H20BrN5O3S. The summed E-state index contributed by atoms with van der Waals surface area (Å²) in [4.78, 5) is 12.3. The Kier molecular flexibility index (Phi) is 4.32. The van der Waals surface area contributed by atoms with Gasteiger partial charge < -0.3 is 0 Å². The summed E-state index contributed by atoms with van der Waals surface area (Å²) in [6.07, 6.45) is 4.25. The van der Waals surface area contributed by atoms with Crippen molar-refractivity contribution in [3.63, 3.8) is 0 Å². The first-order valence-corrected chi connectivity index (χ1v) is 10.9. The molecule has 0 saturated heterocycles. The van der Waals surface area contributed by atoms with E-state index >= 15 is 0 Å². The lowest BCUT2D eigenvalue weighted by molar-refractivity contribution is 0.498. The highest BCUT2D eigenvalue weighted by Crippen LogP contribution is 2.33. The molecule has 3 aromatic rings. The Morgan fingerprint density at radius 3 is 2.56 bits per heavy atom. The fourth-order valence-electron chi connectivity index (χ4n) is 3.79. The maximum atomic E-state index is 13.1. The summed E-state index contributed by atoms with van der Waals surface area (Å²) >= 11 is 3.36. The van der Waals surface area contributed by atoms with E-state index in [2.05, 4.69) is 25.8 Å². The third-order valence-electron chi connectivity index (χ3n) is 5.29. The summed E-state index contributed by atoms with van der Waals surface area (Å²) in [6.45, 7) is 0. The van der Waals surface area contributed by atoms with Crippen LogP contribution in [-0.2, 0) is 37.6 Å². The molecule has 1 atom stereocenters. The van der Waals surface area contributed by atoms with E-state index < -0.39 is 10.0 Å². The molecule has 2 heterocycles. The molecule has 0 saturated carbocycles. The molecule has 144 valence electrons. The molecule has 10 heteroatoms. The number of fused-ring (bicyclic) bond motifs is 2. The fourth-order valence-corrected chi connectivity index (χ4v) is 6.09. The van der Waals surface area contributed by atoms with Crippen LogP contribution in [0.25, 0.3) is 11.0 Å². The van der Waals surface area contributed by atoms with Gasteiger partial charge in [0, 0.05) is 36.9 Å². The van der Waals surface area contributed by atoms with Gasteiger partial charge in [-0.2, -0.15) is 5.10 Å². The van der Waals surface area contributed by atoms with E-state index in [1.807, 2.05) is 7.05 Å². The van der Waals surface area contributed by atoms with Gasteiger partial charge in [-0.1, -0.05) is 0 Å². The Labute approximate surface area is 165 Å². The van der Waals surface area contributed by atoms with Crippen molar-refractivity contribution in [1.82, 2.24) is 23.6 Å². The average molecular weight is 454 g/mol. The minimum Gasteiger partial charge on any atom is -0.295 e. The first-order valence-electron chi connectivity index (χ1n) is 8.59. The number of hydrogen-bond acceptors (Lipinski definition) is 4. The van der Waals surface area contributed by atoms with Gasteiger partial charge in [0.25, 0.3) is 0 Å². The predicted octanol–water partition coefficient (Wildman–Crippen LogP) is 1.73. The van der Waals surface area contributed by atoms with Crippen LogP contribution in [0.5, 0.6) is 0 Å². The van der Waals surface area contributed by atoms with Crippen molar-refractivity contribution in [3.8, 4) is 0 Å². The van der Waals surface area contributed by atoms with Crippen LogP contribution < -0.4 is 10.4 Å². The van der Waals surface area contributed by atoms with E-state index in [4.69, 9.17) is 0 Å². The van der Waals surface area contributed by atoms with Crippen molar-refractivity contribution in [1.29, 1.82) is 0 Å². The summed E-state index contributed by atoms with van der Waals surface area (Å²) in [5.41, 5.74) is 3.02. The summed E-state index contributed by atoms with van der Waals surface area (Å²) in [5.74, 6) is 0. The van der Waals surface area contributed by atoms with Gasteiger partial charge in [-0.05, 0) is 47.3 Å². The molecule has 4 rings (SSSR count). The lowest BCUT2D eigenvalue weighted by Gasteiger charge is -2.24. The topological polar surface area (TPSA) is 90.9 Å². The Hall–Kier alpha value is -1.91. The van der Waals surface area contributed by atoms with Crippen LogP contribution in [0.15, 0.2) is 32.5 Å². The largest absolute Gasteiger partial charge is 0.328 e. The van der Waals surface area contributed by atoms with Gasteiger partial charge >= 0.3 is 5.69 Å². The molecule has 0 aliphatic heterocycles. The van der Waals surface area contributed by atoms with Gasteiger partial charge in [0.2, 0.25) is 10.0 Å². The number of nitrogens with one attached hydrogen (secondary N) is 1. The number of hydrogen-bond donors (Lipinski definition) is 1. The van der Waals surface area contributed by atoms with Gasteiger partial charge in [-0.25, -0.2) is 17.9 Å². The standard InChI is InChI=1S/C17H20BrN5O3S/c1-21-14-7-11(18)16(8-15(14)22(2)17(21)24)27(25,26)20-12-5-4-6-13-10(12)9-19-23(13)3/h7-9,12,20H,4-6H2,1-3H3. The van der Waals surface area contributed by atoms with Crippen LogP contribution in [0.1, 0.15) is 30.1 Å².